The lowest BCUT2D eigenvalue weighted by molar-refractivity contribution is -0.116. The number of carbonyl (C=O) groups is 1. The van der Waals surface area contributed by atoms with Crippen molar-refractivity contribution in [3.8, 4) is 0 Å². The summed E-state index contributed by atoms with van der Waals surface area (Å²) in [5.74, 6) is 0.125. The van der Waals surface area contributed by atoms with Crippen molar-refractivity contribution in [3.05, 3.63) is 29.3 Å². The summed E-state index contributed by atoms with van der Waals surface area (Å²) < 4.78 is 0. The van der Waals surface area contributed by atoms with Gasteiger partial charge in [0.2, 0.25) is 5.91 Å². The van der Waals surface area contributed by atoms with Crippen LogP contribution in [0.1, 0.15) is 43.7 Å². The van der Waals surface area contributed by atoms with Gasteiger partial charge in [0.15, 0.2) is 0 Å². The molecule has 0 aliphatic carbocycles. The number of benzene rings is 1. The molecule has 1 aliphatic rings. The van der Waals surface area contributed by atoms with Gasteiger partial charge in [0.1, 0.15) is 0 Å². The number of carbonyl (C=O) groups excluding carboxylic acids is 1. The first-order valence-corrected chi connectivity index (χ1v) is 7.32. The van der Waals surface area contributed by atoms with Gasteiger partial charge in [0.25, 0.3) is 0 Å². The molecule has 1 amide bonds. The number of nitrogens with one attached hydrogen (secondary N) is 2. The van der Waals surface area contributed by atoms with Crippen molar-refractivity contribution in [3.63, 3.8) is 0 Å². The number of anilines is 1. The van der Waals surface area contributed by atoms with Crippen LogP contribution in [0.2, 0.25) is 0 Å². The van der Waals surface area contributed by atoms with E-state index < -0.39 is 0 Å². The molecule has 112 valence electrons. The minimum absolute atomic E-state index is 0. The molecule has 1 fully saturated rings. The fraction of sp³-hybridized carbons (Fsp3) is 0.562. The fourth-order valence-electron chi connectivity index (χ4n) is 2.66. The standard InChI is InChI=1S/C16H24N2O.ClH/c1-3-13-11-15(7-6-12(13)2)18-16(19)9-8-14-5-4-10-17-14;/h6-7,11,14,17H,3-5,8-10H2,1-2H3,(H,18,19);1H. The van der Waals surface area contributed by atoms with Crippen molar-refractivity contribution in [2.24, 2.45) is 0 Å². The first-order chi connectivity index (χ1) is 9.19. The van der Waals surface area contributed by atoms with E-state index in [2.05, 4.69) is 36.6 Å². The third-order valence-corrected chi connectivity index (χ3v) is 3.90. The highest BCUT2D eigenvalue weighted by atomic mass is 35.5. The lowest BCUT2D eigenvalue weighted by atomic mass is 10.1. The molecule has 2 rings (SSSR count). The second kappa shape index (κ2) is 8.28. The fourth-order valence-corrected chi connectivity index (χ4v) is 2.66. The predicted molar refractivity (Wildman–Crippen MR) is 86.7 cm³/mol. The van der Waals surface area contributed by atoms with Crippen molar-refractivity contribution >= 4 is 24.0 Å². The normalized spacial score (nSPS) is 17.6. The zero-order valence-electron chi connectivity index (χ0n) is 12.4. The predicted octanol–water partition coefficient (Wildman–Crippen LogP) is 3.45. The average molecular weight is 297 g/mol. The molecule has 0 spiro atoms. The Morgan fingerprint density at radius 2 is 2.25 bits per heavy atom. The van der Waals surface area contributed by atoms with E-state index in [4.69, 9.17) is 0 Å². The Labute approximate surface area is 127 Å². The largest absolute Gasteiger partial charge is 0.326 e. The molecule has 1 aromatic carbocycles. The summed E-state index contributed by atoms with van der Waals surface area (Å²) >= 11 is 0. The van der Waals surface area contributed by atoms with Crippen LogP contribution in [0.15, 0.2) is 18.2 Å². The van der Waals surface area contributed by atoms with E-state index in [9.17, 15) is 4.79 Å². The number of rotatable bonds is 5. The van der Waals surface area contributed by atoms with Crippen LogP contribution in [-0.4, -0.2) is 18.5 Å². The molecule has 1 aliphatic heterocycles. The molecular formula is C16H25ClN2O. The van der Waals surface area contributed by atoms with Gasteiger partial charge in [-0.1, -0.05) is 13.0 Å². The lowest BCUT2D eigenvalue weighted by Crippen LogP contribution is -2.23. The van der Waals surface area contributed by atoms with Gasteiger partial charge >= 0.3 is 0 Å². The van der Waals surface area contributed by atoms with Gasteiger partial charge < -0.3 is 10.6 Å². The summed E-state index contributed by atoms with van der Waals surface area (Å²) in [6.07, 6.45) is 4.99. The highest BCUT2D eigenvalue weighted by Crippen LogP contribution is 2.17. The molecule has 0 bridgehead atoms. The molecule has 3 nitrogen and oxygen atoms in total. The van der Waals surface area contributed by atoms with Crippen LogP contribution < -0.4 is 10.6 Å². The number of hydrogen-bond donors (Lipinski definition) is 2. The van der Waals surface area contributed by atoms with Crippen LogP contribution in [-0.2, 0) is 11.2 Å². The number of amides is 1. The molecule has 1 aromatic rings. The summed E-state index contributed by atoms with van der Waals surface area (Å²) in [5.41, 5.74) is 3.51. The van der Waals surface area contributed by atoms with Gasteiger partial charge in [-0.2, -0.15) is 0 Å². The first kappa shape index (κ1) is 17.0. The van der Waals surface area contributed by atoms with Gasteiger partial charge in [-0.15, -0.1) is 12.4 Å². The van der Waals surface area contributed by atoms with Gasteiger partial charge in [0, 0.05) is 18.2 Å². The maximum absolute atomic E-state index is 11.9. The lowest BCUT2D eigenvalue weighted by Gasteiger charge is -2.11. The summed E-state index contributed by atoms with van der Waals surface area (Å²) in [6, 6.07) is 6.68. The van der Waals surface area contributed by atoms with Gasteiger partial charge in [-0.05, 0) is 62.4 Å². The van der Waals surface area contributed by atoms with Crippen molar-refractivity contribution in [2.75, 3.05) is 11.9 Å². The third-order valence-electron chi connectivity index (χ3n) is 3.90. The van der Waals surface area contributed by atoms with Crippen LogP contribution in [0, 0.1) is 6.92 Å². The molecule has 1 atom stereocenters. The Hall–Kier alpha value is -1.06. The SMILES string of the molecule is CCc1cc(NC(=O)CCC2CCCN2)ccc1C.Cl. The highest BCUT2D eigenvalue weighted by molar-refractivity contribution is 5.90. The van der Waals surface area contributed by atoms with E-state index in [-0.39, 0.29) is 18.3 Å². The molecule has 4 heteroatoms. The van der Waals surface area contributed by atoms with Crippen LogP contribution in [0.3, 0.4) is 0 Å². The molecule has 1 heterocycles. The van der Waals surface area contributed by atoms with Crippen molar-refractivity contribution in [1.82, 2.24) is 5.32 Å². The molecule has 0 radical (unpaired) electrons. The van der Waals surface area contributed by atoms with Gasteiger partial charge in [-0.25, -0.2) is 0 Å². The Balaban J connectivity index is 0.00000200. The van der Waals surface area contributed by atoms with Crippen LogP contribution in [0.5, 0.6) is 0 Å². The molecule has 2 N–H and O–H groups in total. The summed E-state index contributed by atoms with van der Waals surface area (Å²) in [6.45, 7) is 5.35. The number of aryl methyl sites for hydroxylation is 2. The molecule has 0 aromatic heterocycles. The van der Waals surface area contributed by atoms with Gasteiger partial charge in [0.05, 0.1) is 0 Å². The molecule has 20 heavy (non-hydrogen) atoms. The Bertz CT molecular complexity index is 442. The first-order valence-electron chi connectivity index (χ1n) is 7.32. The number of halogens is 1. The minimum Gasteiger partial charge on any atom is -0.326 e. The maximum atomic E-state index is 11.9. The van der Waals surface area contributed by atoms with E-state index in [1.54, 1.807) is 0 Å². The van der Waals surface area contributed by atoms with E-state index in [0.717, 1.165) is 25.1 Å². The van der Waals surface area contributed by atoms with Crippen LogP contribution in [0.4, 0.5) is 5.69 Å². The Morgan fingerprint density at radius 1 is 1.45 bits per heavy atom. The minimum atomic E-state index is 0. The molecule has 0 saturated carbocycles. The summed E-state index contributed by atoms with van der Waals surface area (Å²) in [5, 5.41) is 6.42. The van der Waals surface area contributed by atoms with Gasteiger partial charge in [-0.3, -0.25) is 4.79 Å². The monoisotopic (exact) mass is 296 g/mol. The quantitative estimate of drug-likeness (QED) is 0.874. The maximum Gasteiger partial charge on any atom is 0.224 e. The third kappa shape index (κ3) is 4.80. The van der Waals surface area contributed by atoms with Crippen molar-refractivity contribution in [2.45, 2.75) is 52.0 Å². The van der Waals surface area contributed by atoms with Crippen LogP contribution in [0.25, 0.3) is 0 Å². The van der Waals surface area contributed by atoms with Crippen molar-refractivity contribution < 1.29 is 4.79 Å². The zero-order valence-corrected chi connectivity index (χ0v) is 13.2. The molecule has 1 unspecified atom stereocenters. The highest BCUT2D eigenvalue weighted by Gasteiger charge is 2.15. The summed E-state index contributed by atoms with van der Waals surface area (Å²) in [4.78, 5) is 11.9. The second-order valence-electron chi connectivity index (χ2n) is 5.37. The number of hydrogen-bond acceptors (Lipinski definition) is 2. The van der Waals surface area contributed by atoms with E-state index in [1.165, 1.54) is 24.0 Å². The average Bonchev–Trinajstić information content (AvgIpc) is 2.92. The zero-order chi connectivity index (χ0) is 13.7. The molecular weight excluding hydrogens is 272 g/mol. The second-order valence-corrected chi connectivity index (χ2v) is 5.37. The Morgan fingerprint density at radius 3 is 2.90 bits per heavy atom. The van der Waals surface area contributed by atoms with Crippen LogP contribution >= 0.6 is 12.4 Å². The smallest absolute Gasteiger partial charge is 0.224 e. The van der Waals surface area contributed by atoms with E-state index >= 15 is 0 Å². The Kier molecular flexibility index (Phi) is 7.03. The van der Waals surface area contributed by atoms with E-state index in [1.807, 2.05) is 6.07 Å². The van der Waals surface area contributed by atoms with Crippen molar-refractivity contribution in [1.29, 1.82) is 0 Å². The summed E-state index contributed by atoms with van der Waals surface area (Å²) in [7, 11) is 0. The topological polar surface area (TPSA) is 41.1 Å². The molecule has 1 saturated heterocycles. The van der Waals surface area contributed by atoms with E-state index in [0.29, 0.717) is 12.5 Å².